The minimum Gasteiger partial charge on any atom is -0.496 e. The quantitative estimate of drug-likeness (QED) is 0.250. The molecule has 0 radical (unpaired) electrons. The van der Waals surface area contributed by atoms with Gasteiger partial charge in [-0.15, -0.1) is 5.10 Å². The number of aromatic nitrogens is 3. The maximum atomic E-state index is 13.3. The van der Waals surface area contributed by atoms with Crippen LogP contribution in [0.15, 0.2) is 91.3 Å². The summed E-state index contributed by atoms with van der Waals surface area (Å²) in [4.78, 5) is 25.1. The molecular formula is C32H23ClN4O4. The van der Waals surface area contributed by atoms with E-state index in [1.807, 2.05) is 66.7 Å². The van der Waals surface area contributed by atoms with E-state index in [-0.39, 0.29) is 23.1 Å². The van der Waals surface area contributed by atoms with Crippen molar-refractivity contribution >= 4 is 29.2 Å². The van der Waals surface area contributed by atoms with Gasteiger partial charge >= 0.3 is 5.97 Å². The van der Waals surface area contributed by atoms with E-state index >= 15 is 0 Å². The number of carbonyl (C=O) groups excluding carboxylic acids is 1. The molecule has 2 atom stereocenters. The monoisotopic (exact) mass is 562 g/mol. The van der Waals surface area contributed by atoms with E-state index in [2.05, 4.69) is 15.6 Å². The third kappa shape index (κ3) is 3.98. The molecule has 1 saturated carbocycles. The zero-order chi connectivity index (χ0) is 28.3. The molecule has 1 spiro atoms. The Balaban J connectivity index is 1.20. The van der Waals surface area contributed by atoms with Crippen molar-refractivity contribution in [3.8, 4) is 33.7 Å². The second-order valence-electron chi connectivity index (χ2n) is 10.3. The number of amides is 1. The molecule has 202 valence electrons. The van der Waals surface area contributed by atoms with Gasteiger partial charge in [0, 0.05) is 17.2 Å². The Morgan fingerprint density at radius 3 is 2.39 bits per heavy atom. The number of carbonyl (C=O) groups is 2. The zero-order valence-corrected chi connectivity index (χ0v) is 22.6. The van der Waals surface area contributed by atoms with Crippen molar-refractivity contribution in [2.45, 2.75) is 17.8 Å². The number of ether oxygens (including phenoxy) is 1. The number of rotatable bonds is 6. The minimum atomic E-state index is -1.07. The number of hydrogen-bond acceptors (Lipinski definition) is 5. The van der Waals surface area contributed by atoms with E-state index in [4.69, 9.17) is 16.3 Å². The van der Waals surface area contributed by atoms with Gasteiger partial charge in [0.15, 0.2) is 0 Å². The Morgan fingerprint density at radius 1 is 1.02 bits per heavy atom. The van der Waals surface area contributed by atoms with Gasteiger partial charge in [-0.25, -0.2) is 9.48 Å². The molecule has 41 heavy (non-hydrogen) atoms. The number of anilines is 1. The van der Waals surface area contributed by atoms with Gasteiger partial charge in [0.2, 0.25) is 5.91 Å². The second kappa shape index (κ2) is 9.31. The van der Waals surface area contributed by atoms with Gasteiger partial charge in [0.1, 0.15) is 11.3 Å². The van der Waals surface area contributed by atoms with Crippen LogP contribution in [0.5, 0.6) is 5.75 Å². The zero-order valence-electron chi connectivity index (χ0n) is 21.8. The number of methoxy groups -OCH3 is 1. The fraction of sp³-hybridized carbons (Fsp3) is 0.125. The fourth-order valence-corrected chi connectivity index (χ4v) is 6.21. The first-order valence-electron chi connectivity index (χ1n) is 13.0. The molecule has 9 heteroatoms. The highest BCUT2D eigenvalue weighted by Gasteiger charge is 2.65. The molecule has 1 amide bonds. The smallest absolute Gasteiger partial charge is 0.339 e. The second-order valence-corrected chi connectivity index (χ2v) is 10.7. The van der Waals surface area contributed by atoms with Crippen LogP contribution in [-0.4, -0.2) is 39.1 Å². The minimum absolute atomic E-state index is 0.0793. The lowest BCUT2D eigenvalue weighted by molar-refractivity contribution is -0.118. The van der Waals surface area contributed by atoms with E-state index < -0.39 is 11.4 Å². The van der Waals surface area contributed by atoms with E-state index in [1.54, 1.807) is 29.2 Å². The van der Waals surface area contributed by atoms with Gasteiger partial charge < -0.3 is 15.2 Å². The third-order valence-electron chi connectivity index (χ3n) is 8.14. The highest BCUT2D eigenvalue weighted by molar-refractivity contribution is 6.34. The maximum absolute atomic E-state index is 13.3. The van der Waals surface area contributed by atoms with Crippen LogP contribution in [0.2, 0.25) is 5.02 Å². The van der Waals surface area contributed by atoms with E-state index in [1.165, 1.54) is 7.11 Å². The third-order valence-corrected chi connectivity index (χ3v) is 8.45. The summed E-state index contributed by atoms with van der Waals surface area (Å²) in [5.74, 6) is -1.03. The van der Waals surface area contributed by atoms with Crippen LogP contribution in [0.4, 0.5) is 5.69 Å². The molecule has 1 aliphatic heterocycles. The van der Waals surface area contributed by atoms with Crippen LogP contribution in [0.1, 0.15) is 33.8 Å². The molecule has 2 heterocycles. The van der Waals surface area contributed by atoms with Gasteiger partial charge in [-0.1, -0.05) is 59.3 Å². The number of nitrogens with one attached hydrogen (secondary N) is 1. The van der Waals surface area contributed by atoms with Gasteiger partial charge in [0.25, 0.3) is 0 Å². The van der Waals surface area contributed by atoms with E-state index in [9.17, 15) is 14.7 Å². The summed E-state index contributed by atoms with van der Waals surface area (Å²) < 4.78 is 6.92. The Kier molecular flexibility index (Phi) is 5.69. The number of hydrogen-bond donors (Lipinski definition) is 2. The van der Waals surface area contributed by atoms with Gasteiger partial charge in [-0.3, -0.25) is 4.79 Å². The summed E-state index contributed by atoms with van der Waals surface area (Å²) in [5.41, 5.74) is 6.51. The Labute approximate surface area is 240 Å². The topological polar surface area (TPSA) is 106 Å². The lowest BCUT2D eigenvalue weighted by atomic mass is 9.89. The van der Waals surface area contributed by atoms with Crippen molar-refractivity contribution < 1.29 is 19.4 Å². The van der Waals surface area contributed by atoms with Crippen LogP contribution < -0.4 is 10.1 Å². The molecule has 1 aromatic heterocycles. The number of carboxylic acids is 1. The van der Waals surface area contributed by atoms with Crippen molar-refractivity contribution in [2.24, 2.45) is 0 Å². The molecular weight excluding hydrogens is 540 g/mol. The molecule has 2 aliphatic rings. The lowest BCUT2D eigenvalue weighted by Crippen LogP contribution is -2.21. The van der Waals surface area contributed by atoms with Crippen molar-refractivity contribution in [3.05, 3.63) is 113 Å². The summed E-state index contributed by atoms with van der Waals surface area (Å²) in [6.07, 6.45) is 4.02. The van der Waals surface area contributed by atoms with Crippen LogP contribution in [0.25, 0.3) is 27.9 Å². The summed E-state index contributed by atoms with van der Waals surface area (Å²) in [6.45, 7) is 0. The number of halogens is 1. The van der Waals surface area contributed by atoms with Crippen molar-refractivity contribution in [3.63, 3.8) is 0 Å². The highest BCUT2D eigenvalue weighted by Crippen LogP contribution is 2.65. The number of fused-ring (bicyclic) bond motifs is 2. The summed E-state index contributed by atoms with van der Waals surface area (Å²) in [7, 11) is 1.44. The van der Waals surface area contributed by atoms with Gasteiger partial charge in [0.05, 0.1) is 35.6 Å². The first kappa shape index (κ1) is 25.0. The SMILES string of the molecule is COc1ccc(C2CC23C(=O)Nc2cc(Cl)c(-c4ccc(-c5ccc(-n6ccnn6)cc5)cc4)cc23)cc1C(=O)O. The maximum Gasteiger partial charge on any atom is 0.339 e. The Morgan fingerprint density at radius 2 is 1.73 bits per heavy atom. The van der Waals surface area contributed by atoms with Crippen molar-refractivity contribution in [1.82, 2.24) is 15.0 Å². The van der Waals surface area contributed by atoms with Crippen LogP contribution >= 0.6 is 11.6 Å². The number of nitrogens with zero attached hydrogens (tertiary/aromatic N) is 3. The summed E-state index contributed by atoms with van der Waals surface area (Å²) in [5, 5.41) is 21.1. The average molecular weight is 563 g/mol. The number of carboxylic acid groups (broad SMARTS) is 1. The predicted octanol–water partition coefficient (Wildman–Crippen LogP) is 6.34. The largest absolute Gasteiger partial charge is 0.496 e. The Hall–Kier alpha value is -4.95. The van der Waals surface area contributed by atoms with Crippen LogP contribution in [0, 0.1) is 0 Å². The van der Waals surface area contributed by atoms with Gasteiger partial charge in [-0.2, -0.15) is 0 Å². The Bertz CT molecular complexity index is 1840. The first-order chi connectivity index (χ1) is 19.9. The molecule has 2 unspecified atom stereocenters. The molecule has 4 aromatic carbocycles. The normalized spacial score (nSPS) is 18.7. The van der Waals surface area contributed by atoms with Crippen molar-refractivity contribution in [2.75, 3.05) is 12.4 Å². The summed E-state index contributed by atoms with van der Waals surface area (Å²) >= 11 is 6.73. The lowest BCUT2D eigenvalue weighted by Gasteiger charge is -2.14. The highest BCUT2D eigenvalue weighted by atomic mass is 35.5. The molecule has 1 aliphatic carbocycles. The molecule has 0 saturated heterocycles. The molecule has 8 nitrogen and oxygen atoms in total. The molecule has 5 aromatic rings. The molecule has 7 rings (SSSR count). The molecule has 1 fully saturated rings. The molecule has 0 bridgehead atoms. The fourth-order valence-electron chi connectivity index (χ4n) is 5.94. The predicted molar refractivity (Wildman–Crippen MR) is 155 cm³/mol. The van der Waals surface area contributed by atoms with Crippen molar-refractivity contribution in [1.29, 1.82) is 0 Å². The van der Waals surface area contributed by atoms with Gasteiger partial charge in [-0.05, 0) is 70.6 Å². The first-order valence-corrected chi connectivity index (χ1v) is 13.4. The van der Waals surface area contributed by atoms with E-state index in [0.717, 1.165) is 39.1 Å². The van der Waals surface area contributed by atoms with Crippen LogP contribution in [0.3, 0.4) is 0 Å². The standard InChI is InChI=1S/C32H23ClN4O4/c1-41-29-11-8-21(14-24(29)30(38)39)26-17-32(26)25-15-23(27(33)16-28(25)35-31(32)40)20-4-2-18(3-5-20)19-6-9-22(10-7-19)37-13-12-34-36-37/h2-16,26H,17H2,1H3,(H,35,40)(H,38,39). The average Bonchev–Trinajstić information content (AvgIpc) is 3.38. The molecule has 2 N–H and O–H groups in total. The summed E-state index contributed by atoms with van der Waals surface area (Å²) in [6, 6.07) is 25.1. The van der Waals surface area contributed by atoms with Crippen LogP contribution in [-0.2, 0) is 10.2 Å². The van der Waals surface area contributed by atoms with E-state index in [0.29, 0.717) is 17.1 Å². The number of benzene rings is 4. The number of aromatic carboxylic acids is 1.